The van der Waals surface area contributed by atoms with Crippen LogP contribution in [0.4, 0.5) is 0 Å². The van der Waals surface area contributed by atoms with Gasteiger partial charge in [0.1, 0.15) is 0 Å². The molecule has 0 aromatic carbocycles. The van der Waals surface area contributed by atoms with Gasteiger partial charge < -0.3 is 15.5 Å². The van der Waals surface area contributed by atoms with Crippen LogP contribution in [0.1, 0.15) is 65.2 Å². The highest BCUT2D eigenvalue weighted by Gasteiger charge is 2.60. The summed E-state index contributed by atoms with van der Waals surface area (Å²) in [6.45, 7) is 4.75. The topological polar surface area (TPSA) is 52.5 Å². The van der Waals surface area contributed by atoms with Gasteiger partial charge in [-0.2, -0.15) is 0 Å². The van der Waals surface area contributed by atoms with Gasteiger partial charge in [0.05, 0.1) is 6.10 Å². The fourth-order valence-corrected chi connectivity index (χ4v) is 7.79. The maximum Gasteiger partial charge on any atom is 0.0546 e. The average molecular weight is 384 g/mol. The van der Waals surface area contributed by atoms with Crippen LogP contribution in [0.25, 0.3) is 0 Å². The van der Waals surface area contributed by atoms with Gasteiger partial charge in [-0.3, -0.25) is 0 Å². The van der Waals surface area contributed by atoms with Gasteiger partial charge >= 0.3 is 0 Å². The average Bonchev–Trinajstić information content (AvgIpc) is 3.01. The molecule has 4 aliphatic carbocycles. The molecule has 3 N–H and O–H groups in total. The normalized spacial score (nSPS) is 48.5. The molecule has 0 unspecified atom stereocenters. The second-order valence-electron chi connectivity index (χ2n) is 9.84. The molecule has 8 atom stereocenters. The van der Waals surface area contributed by atoms with E-state index in [0.717, 1.165) is 18.8 Å². The number of hydrogen-bond acceptors (Lipinski definition) is 3. The molecule has 0 aromatic rings. The predicted octanol–water partition coefficient (Wildman–Crippen LogP) is 3.93. The van der Waals surface area contributed by atoms with Gasteiger partial charge in [-0.15, -0.1) is 12.4 Å². The lowest BCUT2D eigenvalue weighted by molar-refractivity contribution is -0.0972. The summed E-state index contributed by atoms with van der Waals surface area (Å²) in [5, 5.41) is 24.2. The Bertz CT molecular complexity index is 550. The smallest absolute Gasteiger partial charge is 0.0546 e. The lowest BCUT2D eigenvalue weighted by Crippen LogP contribution is -2.53. The summed E-state index contributed by atoms with van der Waals surface area (Å²) in [6.07, 6.45) is 12.0. The van der Waals surface area contributed by atoms with E-state index in [1.54, 1.807) is 5.57 Å². The second-order valence-corrected chi connectivity index (χ2v) is 9.84. The first kappa shape index (κ1) is 20.6. The summed E-state index contributed by atoms with van der Waals surface area (Å²) in [4.78, 5) is 0. The zero-order valence-corrected chi connectivity index (χ0v) is 17.5. The fraction of sp³-hybridized carbons (Fsp3) is 0.909. The van der Waals surface area contributed by atoms with E-state index in [-0.39, 0.29) is 30.5 Å². The molecule has 4 rings (SSSR count). The SMILES string of the molecule is CN[C@H]1CC[C@@]2(C)C(=CC[C@H]3[C@@H]4CC[C@H]([C@H](C)O)[C@@]4(CO)CC[C@@H]32)C1.Cl. The lowest BCUT2D eigenvalue weighted by Gasteiger charge is -2.58. The molecule has 0 saturated heterocycles. The molecule has 0 spiro atoms. The Balaban J connectivity index is 0.00000196. The minimum Gasteiger partial charge on any atom is -0.396 e. The van der Waals surface area contributed by atoms with Crippen LogP contribution in [0, 0.1) is 34.5 Å². The van der Waals surface area contributed by atoms with Gasteiger partial charge in [-0.05, 0) is 94.4 Å². The maximum atomic E-state index is 10.4. The van der Waals surface area contributed by atoms with Crippen molar-refractivity contribution in [3.05, 3.63) is 11.6 Å². The highest BCUT2D eigenvalue weighted by molar-refractivity contribution is 5.85. The maximum absolute atomic E-state index is 10.4. The largest absolute Gasteiger partial charge is 0.396 e. The number of aliphatic hydroxyl groups is 2. The Morgan fingerprint density at radius 3 is 2.62 bits per heavy atom. The lowest BCUT2D eigenvalue weighted by atomic mass is 9.47. The van der Waals surface area contributed by atoms with Gasteiger partial charge in [-0.25, -0.2) is 0 Å². The summed E-state index contributed by atoms with van der Waals surface area (Å²) in [5.74, 6) is 2.39. The Kier molecular flexibility index (Phi) is 5.86. The molecule has 0 radical (unpaired) electrons. The van der Waals surface area contributed by atoms with Gasteiger partial charge in [0.2, 0.25) is 0 Å². The van der Waals surface area contributed by atoms with E-state index in [0.29, 0.717) is 29.2 Å². The summed E-state index contributed by atoms with van der Waals surface area (Å²) >= 11 is 0. The Hall–Kier alpha value is -0.0900. The third kappa shape index (κ3) is 2.80. The highest BCUT2D eigenvalue weighted by Crippen LogP contribution is 2.66. The van der Waals surface area contributed by atoms with Gasteiger partial charge in [0, 0.05) is 18.1 Å². The van der Waals surface area contributed by atoms with Crippen LogP contribution < -0.4 is 5.32 Å². The van der Waals surface area contributed by atoms with Crippen LogP contribution in [-0.2, 0) is 0 Å². The van der Waals surface area contributed by atoms with E-state index in [1.807, 2.05) is 6.92 Å². The third-order valence-corrected chi connectivity index (χ3v) is 9.17. The molecule has 3 fully saturated rings. The van der Waals surface area contributed by atoms with Crippen LogP contribution in [0.15, 0.2) is 11.6 Å². The zero-order chi connectivity index (χ0) is 17.8. The van der Waals surface area contributed by atoms with E-state index in [1.165, 1.54) is 38.5 Å². The Morgan fingerprint density at radius 2 is 1.96 bits per heavy atom. The molecule has 4 heteroatoms. The van der Waals surface area contributed by atoms with E-state index >= 15 is 0 Å². The molecule has 0 amide bonds. The van der Waals surface area contributed by atoms with Crippen LogP contribution in [0.5, 0.6) is 0 Å². The first-order valence-corrected chi connectivity index (χ1v) is 10.6. The zero-order valence-electron chi connectivity index (χ0n) is 16.7. The van der Waals surface area contributed by atoms with E-state index in [2.05, 4.69) is 25.4 Å². The Morgan fingerprint density at radius 1 is 1.19 bits per heavy atom. The van der Waals surface area contributed by atoms with Crippen molar-refractivity contribution in [2.45, 2.75) is 77.4 Å². The minimum atomic E-state index is -0.287. The van der Waals surface area contributed by atoms with E-state index < -0.39 is 0 Å². The van der Waals surface area contributed by atoms with Gasteiger partial charge in [-0.1, -0.05) is 18.6 Å². The summed E-state index contributed by atoms with van der Waals surface area (Å²) in [5.41, 5.74) is 2.07. The monoisotopic (exact) mass is 383 g/mol. The molecule has 3 nitrogen and oxygen atoms in total. The predicted molar refractivity (Wildman–Crippen MR) is 108 cm³/mol. The van der Waals surface area contributed by atoms with Crippen LogP contribution in [-0.4, -0.2) is 36.0 Å². The van der Waals surface area contributed by atoms with Crippen LogP contribution >= 0.6 is 12.4 Å². The summed E-state index contributed by atoms with van der Waals surface area (Å²) in [7, 11) is 2.10. The molecule has 0 aromatic heterocycles. The number of fused-ring (bicyclic) bond motifs is 5. The number of hydrogen-bond donors (Lipinski definition) is 3. The summed E-state index contributed by atoms with van der Waals surface area (Å²) in [6, 6.07) is 0.655. The van der Waals surface area contributed by atoms with Crippen molar-refractivity contribution in [3.63, 3.8) is 0 Å². The molecular weight excluding hydrogens is 346 g/mol. The van der Waals surface area contributed by atoms with Crippen molar-refractivity contribution < 1.29 is 10.2 Å². The second kappa shape index (κ2) is 7.39. The standard InChI is InChI=1S/C22H37NO2.ClH/c1-14(25)18-6-7-20-17-5-4-15-12-16(23-3)8-10-21(15,2)19(17)9-11-22(18,20)13-24;/h4,14,16-20,23-25H,5-13H2,1-3H3;1H/t14-,16-,17+,18+,19-,20-,21-,22-;/m0./s1. The van der Waals surface area contributed by atoms with E-state index in [4.69, 9.17) is 0 Å². The number of nitrogens with one attached hydrogen (secondary N) is 1. The third-order valence-electron chi connectivity index (χ3n) is 9.17. The first-order valence-electron chi connectivity index (χ1n) is 10.6. The van der Waals surface area contributed by atoms with Crippen molar-refractivity contribution in [1.29, 1.82) is 0 Å². The Labute approximate surface area is 165 Å². The van der Waals surface area contributed by atoms with Gasteiger partial charge in [0.15, 0.2) is 0 Å². The van der Waals surface area contributed by atoms with Gasteiger partial charge in [0.25, 0.3) is 0 Å². The fourth-order valence-electron chi connectivity index (χ4n) is 7.79. The van der Waals surface area contributed by atoms with Crippen molar-refractivity contribution in [3.8, 4) is 0 Å². The van der Waals surface area contributed by atoms with Crippen molar-refractivity contribution in [2.24, 2.45) is 34.5 Å². The number of aliphatic hydroxyl groups excluding tert-OH is 2. The molecule has 0 heterocycles. The van der Waals surface area contributed by atoms with E-state index in [9.17, 15) is 10.2 Å². The van der Waals surface area contributed by atoms with Crippen molar-refractivity contribution in [2.75, 3.05) is 13.7 Å². The molecule has 0 bridgehead atoms. The number of halogens is 1. The molecule has 3 saturated carbocycles. The molecule has 0 aliphatic heterocycles. The first-order chi connectivity index (χ1) is 12.0. The quantitative estimate of drug-likeness (QED) is 0.647. The van der Waals surface area contributed by atoms with Crippen molar-refractivity contribution >= 4 is 12.4 Å². The highest BCUT2D eigenvalue weighted by atomic mass is 35.5. The molecule has 26 heavy (non-hydrogen) atoms. The molecular formula is C22H38ClNO2. The van der Waals surface area contributed by atoms with Crippen LogP contribution in [0.3, 0.4) is 0 Å². The van der Waals surface area contributed by atoms with Crippen LogP contribution in [0.2, 0.25) is 0 Å². The summed E-state index contributed by atoms with van der Waals surface area (Å²) < 4.78 is 0. The minimum absolute atomic E-state index is 0. The number of rotatable bonds is 3. The van der Waals surface area contributed by atoms with Crippen molar-refractivity contribution in [1.82, 2.24) is 5.32 Å². The molecule has 150 valence electrons. The molecule has 4 aliphatic rings. The number of allylic oxidation sites excluding steroid dienone is 1.